The number of halogens is 4. The molecule has 1 aromatic heterocycles. The number of nitrogens with one attached hydrogen (secondary N) is 1. The summed E-state index contributed by atoms with van der Waals surface area (Å²) >= 11 is 6.75. The molecule has 0 spiro atoms. The highest BCUT2D eigenvalue weighted by atomic mass is 35.5. The molecule has 38 heavy (non-hydrogen) atoms. The third-order valence-corrected chi connectivity index (χ3v) is 6.47. The van der Waals surface area contributed by atoms with Crippen molar-refractivity contribution in [2.24, 2.45) is 0 Å². The number of rotatable bonds is 9. The molecule has 0 aliphatic carbocycles. The van der Waals surface area contributed by atoms with E-state index in [0.717, 1.165) is 29.6 Å². The van der Waals surface area contributed by atoms with E-state index >= 15 is 0 Å². The smallest absolute Gasteiger partial charge is 0.418 e. The summed E-state index contributed by atoms with van der Waals surface area (Å²) in [5.74, 6) is 0.910. The van der Waals surface area contributed by atoms with Gasteiger partial charge in [0.05, 0.1) is 24.1 Å². The predicted molar refractivity (Wildman–Crippen MR) is 139 cm³/mol. The monoisotopic (exact) mass is 562 g/mol. The lowest BCUT2D eigenvalue weighted by Gasteiger charge is -2.17. The predicted octanol–water partition coefficient (Wildman–Crippen LogP) is 6.82. The number of hydrogen-bond acceptors (Lipinski definition) is 6. The van der Waals surface area contributed by atoms with Crippen LogP contribution in [0.1, 0.15) is 24.4 Å². The molecule has 3 aromatic carbocycles. The topological polar surface area (TPSA) is 78.3 Å². The largest absolute Gasteiger partial charge is 0.497 e. The van der Waals surface area contributed by atoms with E-state index in [4.69, 9.17) is 21.1 Å². The van der Waals surface area contributed by atoms with Gasteiger partial charge in [0.25, 0.3) is 0 Å². The van der Waals surface area contributed by atoms with Gasteiger partial charge in [0.15, 0.2) is 17.1 Å². The summed E-state index contributed by atoms with van der Waals surface area (Å²) in [5.41, 5.74) is -0.667. The number of carbonyl (C=O) groups excluding carboxylic acids is 1. The molecule has 0 aliphatic rings. The first-order valence-electron chi connectivity index (χ1n) is 11.3. The molecule has 1 N–H and O–H groups in total. The van der Waals surface area contributed by atoms with Gasteiger partial charge in [0, 0.05) is 10.7 Å². The van der Waals surface area contributed by atoms with Crippen molar-refractivity contribution in [2.75, 3.05) is 18.2 Å². The van der Waals surface area contributed by atoms with Crippen molar-refractivity contribution in [3.8, 4) is 17.2 Å². The summed E-state index contributed by atoms with van der Waals surface area (Å²) in [7, 11) is 1.57. The molecule has 7 nitrogen and oxygen atoms in total. The van der Waals surface area contributed by atoms with Crippen LogP contribution >= 0.6 is 23.4 Å². The molecule has 1 amide bonds. The van der Waals surface area contributed by atoms with Crippen LogP contribution in [0.3, 0.4) is 0 Å². The molecule has 0 bridgehead atoms. The van der Waals surface area contributed by atoms with Gasteiger partial charge >= 0.3 is 6.18 Å². The van der Waals surface area contributed by atoms with E-state index in [1.807, 2.05) is 37.3 Å². The minimum absolute atomic E-state index is 0.0841. The molecule has 0 radical (unpaired) electrons. The number of benzene rings is 3. The zero-order valence-corrected chi connectivity index (χ0v) is 21.8. The Balaban J connectivity index is 1.54. The van der Waals surface area contributed by atoms with E-state index in [-0.39, 0.29) is 16.5 Å². The average molecular weight is 563 g/mol. The third kappa shape index (κ3) is 6.59. The first-order valence-corrected chi connectivity index (χ1v) is 12.6. The molecule has 198 valence electrons. The molecule has 0 saturated heterocycles. The van der Waals surface area contributed by atoms with Gasteiger partial charge in [-0.15, -0.1) is 10.2 Å². The maximum absolute atomic E-state index is 13.4. The highest BCUT2D eigenvalue weighted by molar-refractivity contribution is 7.99. The van der Waals surface area contributed by atoms with Gasteiger partial charge in [0.2, 0.25) is 5.91 Å². The molecule has 0 fully saturated rings. The van der Waals surface area contributed by atoms with Crippen molar-refractivity contribution in [3.05, 3.63) is 89.2 Å². The standard InChI is InChI=1S/C26H22ClF3N4O3S/c1-16(37-20-11-9-19(36-2)10-12-20)24-32-33-25(34(24)18-6-4-3-5-7-18)38-15-23(35)31-22-13-8-17(27)14-21(22)26(28,29)30/h3-14,16H,15H2,1-2H3,(H,31,35). The van der Waals surface area contributed by atoms with Crippen LogP contribution in [0, 0.1) is 0 Å². The Morgan fingerprint density at radius 2 is 1.74 bits per heavy atom. The Kier molecular flexibility index (Phi) is 8.48. The van der Waals surface area contributed by atoms with Crippen molar-refractivity contribution >= 4 is 35.0 Å². The van der Waals surface area contributed by atoms with Crippen molar-refractivity contribution in [1.82, 2.24) is 14.8 Å². The van der Waals surface area contributed by atoms with Crippen LogP contribution in [0.2, 0.25) is 5.02 Å². The summed E-state index contributed by atoms with van der Waals surface area (Å²) in [4.78, 5) is 12.6. The molecule has 1 heterocycles. The van der Waals surface area contributed by atoms with Gasteiger partial charge < -0.3 is 14.8 Å². The van der Waals surface area contributed by atoms with Crippen LogP contribution < -0.4 is 14.8 Å². The highest BCUT2D eigenvalue weighted by Gasteiger charge is 2.34. The first-order chi connectivity index (χ1) is 18.2. The number of carbonyl (C=O) groups is 1. The Labute approximate surface area is 225 Å². The Morgan fingerprint density at radius 1 is 1.05 bits per heavy atom. The normalized spacial score (nSPS) is 12.2. The molecule has 1 atom stereocenters. The number of thioether (sulfide) groups is 1. The van der Waals surface area contributed by atoms with Crippen molar-refractivity contribution in [3.63, 3.8) is 0 Å². The van der Waals surface area contributed by atoms with Gasteiger partial charge in [-0.2, -0.15) is 13.2 Å². The lowest BCUT2D eigenvalue weighted by atomic mass is 10.1. The van der Waals surface area contributed by atoms with Crippen LogP contribution in [0.5, 0.6) is 11.5 Å². The van der Waals surface area contributed by atoms with E-state index in [1.54, 1.807) is 35.9 Å². The van der Waals surface area contributed by atoms with Crippen LogP contribution in [0.25, 0.3) is 5.69 Å². The summed E-state index contributed by atoms with van der Waals surface area (Å²) in [6, 6.07) is 19.5. The van der Waals surface area contributed by atoms with Crippen molar-refractivity contribution in [1.29, 1.82) is 0 Å². The molecule has 4 rings (SSSR count). The third-order valence-electron chi connectivity index (χ3n) is 5.30. The highest BCUT2D eigenvalue weighted by Crippen LogP contribution is 2.37. The van der Waals surface area contributed by atoms with Crippen LogP contribution in [0.4, 0.5) is 18.9 Å². The van der Waals surface area contributed by atoms with Crippen molar-refractivity contribution < 1.29 is 27.4 Å². The molecule has 12 heteroatoms. The molecule has 1 unspecified atom stereocenters. The van der Waals surface area contributed by atoms with Crippen molar-refractivity contribution in [2.45, 2.75) is 24.4 Å². The molecular weight excluding hydrogens is 541 g/mol. The number of nitrogens with zero attached hydrogens (tertiary/aromatic N) is 3. The maximum Gasteiger partial charge on any atom is 0.418 e. The van der Waals surface area contributed by atoms with E-state index < -0.39 is 23.8 Å². The lowest BCUT2D eigenvalue weighted by Crippen LogP contribution is -2.18. The zero-order valence-electron chi connectivity index (χ0n) is 20.2. The SMILES string of the molecule is COc1ccc(OC(C)c2nnc(SCC(=O)Nc3ccc(Cl)cc3C(F)(F)F)n2-c2ccccc2)cc1. The van der Waals surface area contributed by atoms with Gasteiger partial charge in [-0.05, 0) is 61.5 Å². The maximum atomic E-state index is 13.4. The number of aromatic nitrogens is 3. The fraction of sp³-hybridized carbons (Fsp3) is 0.192. The number of amides is 1. The van der Waals surface area contributed by atoms with Gasteiger partial charge in [0.1, 0.15) is 11.5 Å². The van der Waals surface area contributed by atoms with Crippen LogP contribution in [-0.2, 0) is 11.0 Å². The van der Waals surface area contributed by atoms with Gasteiger partial charge in [-0.1, -0.05) is 41.6 Å². The molecule has 4 aromatic rings. The zero-order chi connectivity index (χ0) is 27.3. The second-order valence-corrected chi connectivity index (χ2v) is 9.35. The number of alkyl halides is 3. The summed E-state index contributed by atoms with van der Waals surface area (Å²) < 4.78 is 53.1. The lowest BCUT2D eigenvalue weighted by molar-refractivity contribution is -0.137. The Hall–Kier alpha value is -3.70. The quantitative estimate of drug-likeness (QED) is 0.226. The number of para-hydroxylation sites is 1. The molecule has 0 saturated carbocycles. The van der Waals surface area contributed by atoms with E-state index in [9.17, 15) is 18.0 Å². The van der Waals surface area contributed by atoms with Crippen LogP contribution in [-0.4, -0.2) is 33.5 Å². The first kappa shape index (κ1) is 27.3. The Morgan fingerprint density at radius 3 is 2.39 bits per heavy atom. The fourth-order valence-electron chi connectivity index (χ4n) is 3.55. The average Bonchev–Trinajstić information content (AvgIpc) is 3.33. The molecular formula is C26H22ClF3N4O3S. The summed E-state index contributed by atoms with van der Waals surface area (Å²) in [5, 5.41) is 11.1. The van der Waals surface area contributed by atoms with Gasteiger partial charge in [-0.3, -0.25) is 9.36 Å². The summed E-state index contributed by atoms with van der Waals surface area (Å²) in [6.45, 7) is 1.81. The van der Waals surface area contributed by atoms with E-state index in [0.29, 0.717) is 22.5 Å². The van der Waals surface area contributed by atoms with Gasteiger partial charge in [-0.25, -0.2) is 0 Å². The number of ether oxygens (including phenoxy) is 2. The minimum Gasteiger partial charge on any atom is -0.497 e. The minimum atomic E-state index is -4.68. The second-order valence-electron chi connectivity index (χ2n) is 7.97. The van der Waals surface area contributed by atoms with E-state index in [1.165, 1.54) is 6.07 Å². The number of methoxy groups -OCH3 is 1. The van der Waals surface area contributed by atoms with E-state index in [2.05, 4.69) is 15.5 Å². The summed E-state index contributed by atoms with van der Waals surface area (Å²) in [6.07, 6.45) is -5.20. The number of hydrogen-bond donors (Lipinski definition) is 1. The van der Waals surface area contributed by atoms with Crippen LogP contribution in [0.15, 0.2) is 78.0 Å². The second kappa shape index (κ2) is 11.8. The fourth-order valence-corrected chi connectivity index (χ4v) is 4.48. The molecule has 0 aliphatic heterocycles. The Bertz CT molecular complexity index is 1400. The number of anilines is 1.